The van der Waals surface area contributed by atoms with Crippen molar-refractivity contribution in [2.24, 2.45) is 0 Å². The number of fused-ring (bicyclic) bond motifs is 1. The molecule has 1 nitrogen and oxygen atoms in total. The maximum atomic E-state index is 4.16. The van der Waals surface area contributed by atoms with Gasteiger partial charge in [-0.05, 0) is 67.5 Å². The third-order valence-electron chi connectivity index (χ3n) is 4.42. The second kappa shape index (κ2) is 5.06. The molecule has 20 heavy (non-hydrogen) atoms. The van der Waals surface area contributed by atoms with Crippen molar-refractivity contribution in [3.8, 4) is 0 Å². The van der Waals surface area contributed by atoms with Gasteiger partial charge in [-0.1, -0.05) is 35.9 Å². The highest BCUT2D eigenvalue weighted by molar-refractivity contribution is 5.46. The van der Waals surface area contributed by atoms with E-state index in [0.717, 1.165) is 13.0 Å². The Kier molecular flexibility index (Phi) is 3.39. The number of hydrogen-bond donors (Lipinski definition) is 1. The number of aryl methyl sites for hydroxylation is 3. The first-order chi connectivity index (χ1) is 9.56. The van der Waals surface area contributed by atoms with Gasteiger partial charge in [-0.2, -0.15) is 0 Å². The minimum Gasteiger partial charge on any atom is -0.306 e. The summed E-state index contributed by atoms with van der Waals surface area (Å²) in [7, 11) is 0. The Morgan fingerprint density at radius 3 is 2.55 bits per heavy atom. The number of benzene rings is 2. The molecule has 1 atom stereocenters. The van der Waals surface area contributed by atoms with E-state index in [2.05, 4.69) is 63.3 Å². The average Bonchev–Trinajstić information content (AvgIpc) is 2.77. The summed E-state index contributed by atoms with van der Waals surface area (Å²) >= 11 is 0. The largest absolute Gasteiger partial charge is 0.306 e. The first kappa shape index (κ1) is 13.4. The van der Waals surface area contributed by atoms with Gasteiger partial charge in [-0.15, -0.1) is 0 Å². The zero-order valence-electron chi connectivity index (χ0n) is 12.6. The van der Waals surface area contributed by atoms with Crippen molar-refractivity contribution in [2.45, 2.75) is 39.8 Å². The highest BCUT2D eigenvalue weighted by Gasteiger charge is 2.20. The summed E-state index contributed by atoms with van der Waals surface area (Å²) in [5, 5.41) is 3.44. The van der Waals surface area contributed by atoms with E-state index in [1.54, 1.807) is 0 Å². The molecule has 1 N–H and O–H groups in total. The topological polar surface area (TPSA) is 12.0 Å². The lowest BCUT2D eigenvalue weighted by atomic mass is 9.91. The maximum Gasteiger partial charge on any atom is 0.0327 e. The average molecular weight is 264 g/mol. The predicted molar refractivity (Wildman–Crippen MR) is 84.8 cm³/mol. The van der Waals surface area contributed by atoms with Crippen molar-refractivity contribution < 1.29 is 0 Å². The van der Waals surface area contributed by atoms with Crippen LogP contribution in [0.1, 0.15) is 45.0 Å². The normalized spacial score (nSPS) is 17.3. The predicted octanol–water partition coefficient (Wildman–Crippen LogP) is 4.18. The van der Waals surface area contributed by atoms with Crippen LogP contribution in [-0.2, 0) is 13.0 Å². The first-order valence-corrected chi connectivity index (χ1v) is 7.30. The highest BCUT2D eigenvalue weighted by Crippen LogP contribution is 2.30. The number of rotatable bonds is 2. The Morgan fingerprint density at radius 2 is 1.85 bits per heavy atom. The van der Waals surface area contributed by atoms with Gasteiger partial charge < -0.3 is 5.32 Å². The molecule has 1 aliphatic heterocycles. The van der Waals surface area contributed by atoms with Crippen LogP contribution >= 0.6 is 0 Å². The van der Waals surface area contributed by atoms with Crippen LogP contribution in [0, 0.1) is 27.7 Å². The van der Waals surface area contributed by atoms with Gasteiger partial charge in [-0.3, -0.25) is 0 Å². The molecule has 0 saturated carbocycles. The molecular formula is C19H22N. The molecule has 1 heteroatoms. The van der Waals surface area contributed by atoms with Crippen LogP contribution in [0.3, 0.4) is 0 Å². The fraction of sp³-hybridized carbons (Fsp3) is 0.316. The van der Waals surface area contributed by atoms with E-state index in [0.29, 0.717) is 0 Å². The van der Waals surface area contributed by atoms with Gasteiger partial charge in [0.1, 0.15) is 0 Å². The zero-order chi connectivity index (χ0) is 14.3. The summed E-state index contributed by atoms with van der Waals surface area (Å²) in [6.07, 6.45) is 1.02. The van der Waals surface area contributed by atoms with Crippen LogP contribution in [0.15, 0.2) is 30.3 Å². The summed E-state index contributed by atoms with van der Waals surface area (Å²) in [4.78, 5) is 0. The van der Waals surface area contributed by atoms with E-state index in [1.165, 1.54) is 38.9 Å². The van der Waals surface area contributed by atoms with Gasteiger partial charge in [0.15, 0.2) is 0 Å². The number of hydrogen-bond acceptors (Lipinski definition) is 1. The SMILES string of the molecule is [CH2]C1NCc2c(Cc3c(C)cc(C)cc3C)cccc21. The molecule has 2 aromatic rings. The quantitative estimate of drug-likeness (QED) is 0.858. The Bertz CT molecular complexity index is 632. The lowest BCUT2D eigenvalue weighted by Gasteiger charge is -2.14. The van der Waals surface area contributed by atoms with Crippen molar-refractivity contribution in [1.29, 1.82) is 0 Å². The van der Waals surface area contributed by atoms with E-state index in [9.17, 15) is 0 Å². The van der Waals surface area contributed by atoms with E-state index >= 15 is 0 Å². The zero-order valence-corrected chi connectivity index (χ0v) is 12.6. The third kappa shape index (κ3) is 2.27. The molecule has 0 spiro atoms. The lowest BCUT2D eigenvalue weighted by molar-refractivity contribution is 0.682. The molecular weight excluding hydrogens is 242 g/mol. The van der Waals surface area contributed by atoms with Crippen LogP contribution in [0.2, 0.25) is 0 Å². The van der Waals surface area contributed by atoms with Crippen molar-refractivity contribution in [3.63, 3.8) is 0 Å². The summed E-state index contributed by atoms with van der Waals surface area (Å²) in [6.45, 7) is 11.7. The molecule has 2 aromatic carbocycles. The monoisotopic (exact) mass is 264 g/mol. The summed E-state index contributed by atoms with van der Waals surface area (Å²) in [5.74, 6) is 0. The molecule has 3 rings (SSSR count). The standard InChI is InChI=1S/C19H22N/c1-12-8-13(2)18(14(3)9-12)10-16-6-5-7-17-15(4)20-11-19(16)17/h5-9,15,20H,4,10-11H2,1-3H3. The van der Waals surface area contributed by atoms with Crippen LogP contribution in [-0.4, -0.2) is 0 Å². The van der Waals surface area contributed by atoms with E-state index in [-0.39, 0.29) is 6.04 Å². The van der Waals surface area contributed by atoms with Gasteiger partial charge in [0, 0.05) is 12.6 Å². The molecule has 0 bridgehead atoms. The Labute approximate surface area is 122 Å². The van der Waals surface area contributed by atoms with Gasteiger partial charge in [0.25, 0.3) is 0 Å². The van der Waals surface area contributed by atoms with Crippen LogP contribution in [0.5, 0.6) is 0 Å². The van der Waals surface area contributed by atoms with E-state index in [1.807, 2.05) is 0 Å². The van der Waals surface area contributed by atoms with Crippen molar-refractivity contribution in [2.75, 3.05) is 0 Å². The van der Waals surface area contributed by atoms with E-state index < -0.39 is 0 Å². The molecule has 1 heterocycles. The van der Waals surface area contributed by atoms with Crippen molar-refractivity contribution >= 4 is 0 Å². The minimum atomic E-state index is 0.241. The van der Waals surface area contributed by atoms with Crippen molar-refractivity contribution in [3.05, 3.63) is 76.2 Å². The molecule has 0 aliphatic carbocycles. The molecule has 0 saturated heterocycles. The van der Waals surface area contributed by atoms with Crippen LogP contribution < -0.4 is 5.32 Å². The van der Waals surface area contributed by atoms with Gasteiger partial charge >= 0.3 is 0 Å². The third-order valence-corrected chi connectivity index (χ3v) is 4.42. The first-order valence-electron chi connectivity index (χ1n) is 7.30. The second-order valence-electron chi connectivity index (χ2n) is 5.97. The summed E-state index contributed by atoms with van der Waals surface area (Å²) < 4.78 is 0. The van der Waals surface area contributed by atoms with E-state index in [4.69, 9.17) is 0 Å². The maximum absolute atomic E-state index is 4.16. The van der Waals surface area contributed by atoms with Gasteiger partial charge in [-0.25, -0.2) is 0 Å². The van der Waals surface area contributed by atoms with Crippen molar-refractivity contribution in [1.82, 2.24) is 5.32 Å². The fourth-order valence-corrected chi connectivity index (χ4v) is 3.38. The van der Waals surface area contributed by atoms with Gasteiger partial charge in [0.05, 0.1) is 0 Å². The molecule has 0 amide bonds. The molecule has 0 fully saturated rings. The lowest BCUT2D eigenvalue weighted by Crippen LogP contribution is -2.07. The summed E-state index contributed by atoms with van der Waals surface area (Å²) in [6, 6.07) is 11.4. The van der Waals surface area contributed by atoms with Crippen LogP contribution in [0.25, 0.3) is 0 Å². The Morgan fingerprint density at radius 1 is 1.15 bits per heavy atom. The summed E-state index contributed by atoms with van der Waals surface area (Å²) in [5.41, 5.74) is 9.88. The molecule has 1 unspecified atom stereocenters. The fourth-order valence-electron chi connectivity index (χ4n) is 3.38. The number of nitrogens with one attached hydrogen (secondary N) is 1. The highest BCUT2D eigenvalue weighted by atomic mass is 14.9. The second-order valence-corrected chi connectivity index (χ2v) is 5.97. The Balaban J connectivity index is 2.01. The van der Waals surface area contributed by atoms with Crippen LogP contribution in [0.4, 0.5) is 0 Å². The molecule has 1 aliphatic rings. The molecule has 0 aromatic heterocycles. The molecule has 103 valence electrons. The molecule has 1 radical (unpaired) electrons. The smallest absolute Gasteiger partial charge is 0.0327 e. The van der Waals surface area contributed by atoms with Gasteiger partial charge in [0.2, 0.25) is 0 Å². The Hall–Kier alpha value is -1.60. The minimum absolute atomic E-state index is 0.241.